The fourth-order valence-corrected chi connectivity index (χ4v) is 11.7. The van der Waals surface area contributed by atoms with Gasteiger partial charge in [0, 0.05) is 0 Å². The van der Waals surface area contributed by atoms with Gasteiger partial charge in [-0.3, -0.25) is 0 Å². The Kier molecular flexibility index (Phi) is 13.5. The first kappa shape index (κ1) is 36.8. The Labute approximate surface area is 265 Å². The third-order valence-corrected chi connectivity index (χ3v) is 11.7. The summed E-state index contributed by atoms with van der Waals surface area (Å²) in [4.78, 5) is 0. The topological polar surface area (TPSA) is 0 Å². The van der Waals surface area contributed by atoms with Gasteiger partial charge < -0.3 is 37.2 Å². The molecule has 38 heavy (non-hydrogen) atoms. The van der Waals surface area contributed by atoms with E-state index in [1.807, 2.05) is 0 Å². The zero-order valence-corrected chi connectivity index (χ0v) is 28.9. The number of rotatable bonds is 4. The van der Waals surface area contributed by atoms with E-state index in [-0.39, 0.29) is 64.4 Å². The van der Waals surface area contributed by atoms with Crippen LogP contribution >= 0.6 is 0 Å². The van der Waals surface area contributed by atoms with Crippen molar-refractivity contribution in [3.8, 4) is 0 Å². The summed E-state index contributed by atoms with van der Waals surface area (Å²) in [6.45, 7) is 20.5. The van der Waals surface area contributed by atoms with Gasteiger partial charge in [0.1, 0.15) is 8.07 Å². The molecule has 0 N–H and O–H groups in total. The second-order valence-corrected chi connectivity index (χ2v) is 15.3. The third-order valence-electron chi connectivity index (χ3n) is 6.99. The van der Waals surface area contributed by atoms with Gasteiger partial charge in [-0.1, -0.05) is 124 Å². The van der Waals surface area contributed by atoms with Gasteiger partial charge in [-0.15, -0.1) is 5.19 Å². The summed E-state index contributed by atoms with van der Waals surface area (Å²) in [6, 6.07) is 28.8. The first-order chi connectivity index (χ1) is 15.9. The number of aryl methyl sites for hydroxylation is 6. The first-order valence-corrected chi connectivity index (χ1v) is 14.4. The molecule has 4 rings (SSSR count). The SMILES string of the molecule is Cc1cc(C)cc([Si](c2cc(C)cc(C)c2)(c2cc(C)cc(C)c2)[c-]2cccc2C(C)(C)C)c1.[Cl-].[Cl-].[Cl-].[Ti+4]. The maximum absolute atomic E-state index is 2.59. The van der Waals surface area contributed by atoms with Gasteiger partial charge in [-0.2, -0.15) is 11.6 Å². The van der Waals surface area contributed by atoms with Gasteiger partial charge in [-0.05, 0) is 47.0 Å². The minimum absolute atomic E-state index is 0. The van der Waals surface area contributed by atoms with Crippen LogP contribution in [-0.4, -0.2) is 8.07 Å². The summed E-state index contributed by atoms with van der Waals surface area (Å²) in [5.41, 5.74) is 9.56. The minimum atomic E-state index is -2.59. The second kappa shape index (κ2) is 13.9. The van der Waals surface area contributed by atoms with Gasteiger partial charge in [-0.25, -0.2) is 12.1 Å². The quantitative estimate of drug-likeness (QED) is 0.130. The molecule has 0 aliphatic rings. The smallest absolute Gasteiger partial charge is 1.00 e. The molecule has 0 amide bonds. The number of benzene rings is 3. The molecule has 0 saturated heterocycles. The fraction of sp³-hybridized carbons (Fsp3) is 0.303. The Morgan fingerprint density at radius 2 is 0.816 bits per heavy atom. The molecule has 5 heteroatoms. The van der Waals surface area contributed by atoms with E-state index in [0.29, 0.717) is 0 Å². The molecule has 0 fully saturated rings. The maximum Gasteiger partial charge on any atom is 4.00 e. The Bertz CT molecular complexity index is 1180. The van der Waals surface area contributed by atoms with Crippen molar-refractivity contribution in [2.24, 2.45) is 0 Å². The van der Waals surface area contributed by atoms with Crippen LogP contribution in [0.5, 0.6) is 0 Å². The Hall–Kier alpha value is -1.19. The molecule has 0 radical (unpaired) electrons. The summed E-state index contributed by atoms with van der Waals surface area (Å²) in [7, 11) is -2.59. The average Bonchev–Trinajstić information content (AvgIpc) is 3.17. The molecule has 0 atom stereocenters. The predicted octanol–water partition coefficient (Wildman–Crippen LogP) is -3.06. The Morgan fingerprint density at radius 1 is 0.526 bits per heavy atom. The average molecular weight is 618 g/mol. The number of halogens is 3. The van der Waals surface area contributed by atoms with Crippen LogP contribution in [0, 0.1) is 41.5 Å². The van der Waals surface area contributed by atoms with Gasteiger partial charge >= 0.3 is 21.7 Å². The van der Waals surface area contributed by atoms with Crippen LogP contribution in [0.2, 0.25) is 0 Å². The fourth-order valence-electron chi connectivity index (χ4n) is 5.94. The molecular weight excluding hydrogens is 579 g/mol. The summed E-state index contributed by atoms with van der Waals surface area (Å²) in [6.07, 6.45) is 0. The largest absolute Gasteiger partial charge is 4.00 e. The van der Waals surface area contributed by atoms with Gasteiger partial charge in [0.15, 0.2) is 0 Å². The van der Waals surface area contributed by atoms with E-state index in [9.17, 15) is 0 Å². The van der Waals surface area contributed by atoms with Gasteiger partial charge in [0.25, 0.3) is 0 Å². The number of hydrogen-bond donors (Lipinski definition) is 0. The molecule has 4 aromatic carbocycles. The molecule has 0 aliphatic heterocycles. The van der Waals surface area contributed by atoms with Crippen molar-refractivity contribution in [1.82, 2.24) is 0 Å². The summed E-state index contributed by atoms with van der Waals surface area (Å²) < 4.78 is 0. The van der Waals surface area contributed by atoms with Crippen molar-refractivity contribution in [1.29, 1.82) is 0 Å². The van der Waals surface area contributed by atoms with Crippen LogP contribution in [0.15, 0.2) is 72.8 Å². The summed E-state index contributed by atoms with van der Waals surface area (Å²) in [5.74, 6) is 0. The van der Waals surface area contributed by atoms with E-state index in [4.69, 9.17) is 0 Å². The maximum atomic E-state index is 2.47. The molecular formula is C33H39Cl3SiTi. The Balaban J connectivity index is 0.00000342. The van der Waals surface area contributed by atoms with Crippen LogP contribution in [-0.2, 0) is 27.1 Å². The number of hydrogen-bond acceptors (Lipinski definition) is 0. The molecule has 0 saturated carbocycles. The van der Waals surface area contributed by atoms with Crippen LogP contribution < -0.4 is 58.0 Å². The van der Waals surface area contributed by atoms with Crippen LogP contribution in [0.25, 0.3) is 0 Å². The van der Waals surface area contributed by atoms with Crippen LogP contribution in [0.3, 0.4) is 0 Å². The summed E-state index contributed by atoms with van der Waals surface area (Å²) in [5, 5.41) is 5.98. The molecule has 0 aliphatic carbocycles. The molecule has 4 aromatic rings. The monoisotopic (exact) mass is 616 g/mol. The van der Waals surface area contributed by atoms with E-state index < -0.39 is 8.07 Å². The zero-order valence-electron chi connectivity index (χ0n) is 24.1. The molecule has 0 nitrogen and oxygen atoms in total. The molecule has 200 valence electrons. The summed E-state index contributed by atoms with van der Waals surface area (Å²) >= 11 is 0. The van der Waals surface area contributed by atoms with Crippen molar-refractivity contribution in [2.75, 3.05) is 0 Å². The normalized spacial score (nSPS) is 11.0. The molecule has 0 heterocycles. The van der Waals surface area contributed by atoms with E-state index >= 15 is 0 Å². The van der Waals surface area contributed by atoms with Gasteiger partial charge in [0.2, 0.25) is 0 Å². The molecule has 0 unspecified atom stereocenters. The van der Waals surface area contributed by atoms with E-state index in [1.54, 1.807) is 0 Å². The Morgan fingerprint density at radius 3 is 1.08 bits per heavy atom. The van der Waals surface area contributed by atoms with E-state index in [2.05, 4.69) is 135 Å². The van der Waals surface area contributed by atoms with Crippen molar-refractivity contribution < 1.29 is 58.9 Å². The van der Waals surface area contributed by atoms with Crippen molar-refractivity contribution in [3.63, 3.8) is 0 Å². The standard InChI is InChI=1S/C33H39Si.3ClH.Ti/c1-22-13-23(2)17-28(16-22)34(29-18-24(3)14-25(4)19-29,30-20-26(5)15-27(6)21-30)32-12-10-11-31(32)33(7,8)9;;;;/h10-21H,1-9H3;3*1H;/q-1;;;;+4/p-3. The van der Waals surface area contributed by atoms with E-state index in [0.717, 1.165) is 0 Å². The predicted molar refractivity (Wildman–Crippen MR) is 153 cm³/mol. The first-order valence-electron chi connectivity index (χ1n) is 12.4. The van der Waals surface area contributed by atoms with E-state index in [1.165, 1.54) is 59.7 Å². The molecule has 0 spiro atoms. The van der Waals surface area contributed by atoms with Crippen molar-refractivity contribution in [3.05, 3.63) is 112 Å². The van der Waals surface area contributed by atoms with Crippen LogP contribution in [0.1, 0.15) is 59.7 Å². The second-order valence-electron chi connectivity index (χ2n) is 11.5. The van der Waals surface area contributed by atoms with Crippen LogP contribution in [0.4, 0.5) is 0 Å². The molecule has 0 aromatic heterocycles. The van der Waals surface area contributed by atoms with Crippen molar-refractivity contribution in [2.45, 2.75) is 67.7 Å². The van der Waals surface area contributed by atoms with Gasteiger partial charge in [0.05, 0.1) is 0 Å². The molecule has 0 bridgehead atoms. The van der Waals surface area contributed by atoms with Crippen molar-refractivity contribution >= 4 is 28.8 Å². The zero-order chi connectivity index (χ0) is 24.8. The third kappa shape index (κ3) is 7.11. The minimum Gasteiger partial charge on any atom is -1.00 e.